The van der Waals surface area contributed by atoms with Gasteiger partial charge < -0.3 is 9.84 Å². The van der Waals surface area contributed by atoms with E-state index in [1.807, 2.05) is 13.8 Å². The summed E-state index contributed by atoms with van der Waals surface area (Å²) in [6.07, 6.45) is 1.41. The Labute approximate surface area is 97.8 Å². The van der Waals surface area contributed by atoms with Crippen LogP contribution in [-0.2, 0) is 6.54 Å². The van der Waals surface area contributed by atoms with Gasteiger partial charge in [-0.15, -0.1) is 0 Å². The first kappa shape index (κ1) is 10.9. The van der Waals surface area contributed by atoms with Crippen molar-refractivity contribution in [2.45, 2.75) is 20.4 Å². The fourth-order valence-electron chi connectivity index (χ4n) is 1.36. The molecular formula is C10H11ClN4O. The Bertz CT molecular complexity index is 478. The summed E-state index contributed by atoms with van der Waals surface area (Å²) in [6.45, 7) is 4.39. The monoisotopic (exact) mass is 238 g/mol. The Morgan fingerprint density at radius 2 is 2.19 bits per heavy atom. The van der Waals surface area contributed by atoms with E-state index in [4.69, 9.17) is 16.1 Å². The van der Waals surface area contributed by atoms with Gasteiger partial charge in [0.05, 0.1) is 5.69 Å². The van der Waals surface area contributed by atoms with E-state index in [1.165, 1.54) is 6.33 Å². The average Bonchev–Trinajstić information content (AvgIpc) is 2.56. The molecular weight excluding hydrogens is 228 g/mol. The summed E-state index contributed by atoms with van der Waals surface area (Å²) in [5, 5.41) is 7.42. The van der Waals surface area contributed by atoms with Gasteiger partial charge in [-0.3, -0.25) is 0 Å². The molecule has 0 saturated carbocycles. The number of hydrogen-bond acceptors (Lipinski definition) is 5. The summed E-state index contributed by atoms with van der Waals surface area (Å²) in [7, 11) is 0. The van der Waals surface area contributed by atoms with Crippen LogP contribution in [0.1, 0.15) is 17.0 Å². The van der Waals surface area contributed by atoms with E-state index in [9.17, 15) is 0 Å². The van der Waals surface area contributed by atoms with Crippen molar-refractivity contribution < 1.29 is 4.52 Å². The lowest BCUT2D eigenvalue weighted by atomic mass is 10.2. The van der Waals surface area contributed by atoms with Crippen molar-refractivity contribution in [2.24, 2.45) is 0 Å². The second-order valence-corrected chi connectivity index (χ2v) is 3.77. The van der Waals surface area contributed by atoms with Crippen LogP contribution >= 0.6 is 11.6 Å². The molecule has 84 valence electrons. The van der Waals surface area contributed by atoms with E-state index < -0.39 is 0 Å². The first-order valence-corrected chi connectivity index (χ1v) is 5.18. The van der Waals surface area contributed by atoms with Crippen molar-refractivity contribution in [3.8, 4) is 0 Å². The first-order chi connectivity index (χ1) is 7.66. The first-order valence-electron chi connectivity index (χ1n) is 4.80. The van der Waals surface area contributed by atoms with Crippen molar-refractivity contribution in [2.75, 3.05) is 5.32 Å². The number of nitrogens with one attached hydrogen (secondary N) is 1. The smallest absolute Gasteiger partial charge is 0.138 e. The molecule has 0 aliphatic heterocycles. The maximum atomic E-state index is 5.75. The molecule has 6 heteroatoms. The van der Waals surface area contributed by atoms with Crippen molar-refractivity contribution in [3.05, 3.63) is 34.6 Å². The molecule has 0 aromatic carbocycles. The highest BCUT2D eigenvalue weighted by atomic mass is 35.5. The predicted molar refractivity (Wildman–Crippen MR) is 60.3 cm³/mol. The molecule has 0 aliphatic carbocycles. The third kappa shape index (κ3) is 2.30. The van der Waals surface area contributed by atoms with Crippen LogP contribution in [0.5, 0.6) is 0 Å². The zero-order chi connectivity index (χ0) is 11.5. The van der Waals surface area contributed by atoms with Crippen LogP contribution in [0, 0.1) is 13.8 Å². The molecule has 0 aliphatic rings. The lowest BCUT2D eigenvalue weighted by Crippen LogP contribution is -2.03. The lowest BCUT2D eigenvalue weighted by molar-refractivity contribution is 0.392. The van der Waals surface area contributed by atoms with Crippen molar-refractivity contribution in [1.82, 2.24) is 15.1 Å². The van der Waals surface area contributed by atoms with Crippen molar-refractivity contribution in [1.29, 1.82) is 0 Å². The maximum absolute atomic E-state index is 5.75. The molecule has 0 spiro atoms. The molecule has 2 aromatic rings. The number of halogens is 1. The molecule has 2 aromatic heterocycles. The normalized spacial score (nSPS) is 10.4. The van der Waals surface area contributed by atoms with Crippen molar-refractivity contribution >= 4 is 17.4 Å². The van der Waals surface area contributed by atoms with Gasteiger partial charge >= 0.3 is 0 Å². The van der Waals surface area contributed by atoms with E-state index in [1.54, 1.807) is 6.07 Å². The Hall–Kier alpha value is -1.62. The molecule has 1 N–H and O–H groups in total. The third-order valence-electron chi connectivity index (χ3n) is 2.26. The van der Waals surface area contributed by atoms with Crippen molar-refractivity contribution in [3.63, 3.8) is 0 Å². The van der Waals surface area contributed by atoms with Gasteiger partial charge in [0, 0.05) is 18.2 Å². The van der Waals surface area contributed by atoms with Crippen LogP contribution in [0.3, 0.4) is 0 Å². The van der Waals surface area contributed by atoms with Gasteiger partial charge in [-0.2, -0.15) is 0 Å². The summed E-state index contributed by atoms with van der Waals surface area (Å²) in [5.41, 5.74) is 1.92. The van der Waals surface area contributed by atoms with Crippen LogP contribution in [-0.4, -0.2) is 15.1 Å². The summed E-state index contributed by atoms with van der Waals surface area (Å²) in [4.78, 5) is 7.84. The van der Waals surface area contributed by atoms with Crippen LogP contribution in [0.15, 0.2) is 16.9 Å². The van der Waals surface area contributed by atoms with E-state index in [0.717, 1.165) is 17.0 Å². The molecule has 5 nitrogen and oxygen atoms in total. The minimum absolute atomic E-state index is 0.413. The van der Waals surface area contributed by atoms with E-state index in [2.05, 4.69) is 20.4 Å². The summed E-state index contributed by atoms with van der Waals surface area (Å²) in [5.74, 6) is 1.49. The SMILES string of the molecule is Cc1noc(C)c1CNc1cc(Cl)ncn1. The topological polar surface area (TPSA) is 63.8 Å². The maximum Gasteiger partial charge on any atom is 0.138 e. The van der Waals surface area contributed by atoms with Crippen LogP contribution in [0.25, 0.3) is 0 Å². The van der Waals surface area contributed by atoms with Gasteiger partial charge in [-0.25, -0.2) is 9.97 Å². The summed E-state index contributed by atoms with van der Waals surface area (Å²) >= 11 is 5.75. The molecule has 0 amide bonds. The van der Waals surface area contributed by atoms with E-state index >= 15 is 0 Å². The minimum Gasteiger partial charge on any atom is -0.366 e. The highest BCUT2D eigenvalue weighted by molar-refractivity contribution is 6.29. The quantitative estimate of drug-likeness (QED) is 0.832. The largest absolute Gasteiger partial charge is 0.366 e. The average molecular weight is 239 g/mol. The zero-order valence-corrected chi connectivity index (χ0v) is 9.75. The van der Waals surface area contributed by atoms with E-state index in [-0.39, 0.29) is 0 Å². The molecule has 16 heavy (non-hydrogen) atoms. The molecule has 0 atom stereocenters. The highest BCUT2D eigenvalue weighted by Crippen LogP contribution is 2.15. The summed E-state index contributed by atoms with van der Waals surface area (Å²) < 4.78 is 5.06. The molecule has 2 rings (SSSR count). The minimum atomic E-state index is 0.413. The number of anilines is 1. The highest BCUT2D eigenvalue weighted by Gasteiger charge is 2.08. The van der Waals surface area contributed by atoms with Gasteiger partial charge in [0.15, 0.2) is 0 Å². The van der Waals surface area contributed by atoms with Gasteiger partial charge in [0.25, 0.3) is 0 Å². The Morgan fingerprint density at radius 1 is 1.38 bits per heavy atom. The number of aromatic nitrogens is 3. The molecule has 0 bridgehead atoms. The van der Waals surface area contributed by atoms with Gasteiger partial charge in [0.2, 0.25) is 0 Å². The predicted octanol–water partition coefficient (Wildman–Crippen LogP) is 2.35. The fraction of sp³-hybridized carbons (Fsp3) is 0.300. The van der Waals surface area contributed by atoms with Crippen LogP contribution in [0.2, 0.25) is 5.15 Å². The van der Waals surface area contributed by atoms with Crippen LogP contribution in [0.4, 0.5) is 5.82 Å². The zero-order valence-electron chi connectivity index (χ0n) is 8.99. The number of hydrogen-bond donors (Lipinski definition) is 1. The number of aryl methyl sites for hydroxylation is 2. The second kappa shape index (κ2) is 4.49. The van der Waals surface area contributed by atoms with Crippen LogP contribution < -0.4 is 5.32 Å². The standard InChI is InChI=1S/C10H11ClN4O/c1-6-8(7(2)16-15-6)4-12-10-3-9(11)13-5-14-10/h3,5H,4H2,1-2H3,(H,12,13,14). The Balaban J connectivity index is 2.08. The van der Waals surface area contributed by atoms with Gasteiger partial charge in [0.1, 0.15) is 23.1 Å². The number of nitrogens with zero attached hydrogens (tertiary/aromatic N) is 3. The molecule has 0 fully saturated rings. The lowest BCUT2D eigenvalue weighted by Gasteiger charge is -2.04. The second-order valence-electron chi connectivity index (χ2n) is 3.38. The Kier molecular flexibility index (Phi) is 3.05. The number of rotatable bonds is 3. The Morgan fingerprint density at radius 3 is 2.81 bits per heavy atom. The molecule has 0 radical (unpaired) electrons. The summed E-state index contributed by atoms with van der Waals surface area (Å²) in [6, 6.07) is 1.67. The third-order valence-corrected chi connectivity index (χ3v) is 2.47. The molecule has 0 unspecified atom stereocenters. The van der Waals surface area contributed by atoms with Gasteiger partial charge in [-0.05, 0) is 13.8 Å². The fourth-order valence-corrected chi connectivity index (χ4v) is 1.51. The molecule has 2 heterocycles. The van der Waals surface area contributed by atoms with Gasteiger partial charge in [-0.1, -0.05) is 16.8 Å². The van der Waals surface area contributed by atoms with E-state index in [0.29, 0.717) is 17.5 Å². The molecule has 0 saturated heterocycles.